The quantitative estimate of drug-likeness (QED) is 0.642. The molecule has 18 heavy (non-hydrogen) atoms. The molecule has 1 rings (SSSR count). The lowest BCUT2D eigenvalue weighted by molar-refractivity contribution is -0.108. The first-order valence-corrected chi connectivity index (χ1v) is 8.31. The van der Waals surface area contributed by atoms with Crippen molar-refractivity contribution in [3.05, 3.63) is 0 Å². The zero-order valence-corrected chi connectivity index (χ0v) is 12.6. The number of sulfonamides is 1. The fourth-order valence-electron chi connectivity index (χ4n) is 2.23. The summed E-state index contributed by atoms with van der Waals surface area (Å²) in [6.45, 7) is 9.98. The molecular weight excluding hydrogens is 252 g/mol. The fraction of sp³-hybridized carbons (Fsp3) is 1.00. The van der Waals surface area contributed by atoms with Gasteiger partial charge >= 0.3 is 0 Å². The van der Waals surface area contributed by atoms with E-state index in [9.17, 15) is 8.42 Å². The molecule has 1 aliphatic rings. The Morgan fingerprint density at radius 1 is 1.33 bits per heavy atom. The van der Waals surface area contributed by atoms with Crippen LogP contribution in [0.4, 0.5) is 0 Å². The van der Waals surface area contributed by atoms with Crippen LogP contribution in [0.1, 0.15) is 34.1 Å². The van der Waals surface area contributed by atoms with Gasteiger partial charge in [-0.05, 0) is 19.9 Å². The molecule has 2 atom stereocenters. The molecule has 0 spiro atoms. The highest BCUT2D eigenvalue weighted by molar-refractivity contribution is 7.89. The van der Waals surface area contributed by atoms with Gasteiger partial charge in [0.15, 0.2) is 0 Å². The first-order chi connectivity index (χ1) is 8.33. The smallest absolute Gasteiger partial charge is 0.213 e. The predicted octanol–water partition coefficient (Wildman–Crippen LogP) is 0.719. The van der Waals surface area contributed by atoms with Gasteiger partial charge in [-0.15, -0.1) is 0 Å². The average Bonchev–Trinajstić information content (AvgIpc) is 2.28. The molecule has 0 aromatic carbocycles. The Morgan fingerprint density at radius 2 is 2.00 bits per heavy atom. The third kappa shape index (κ3) is 3.91. The van der Waals surface area contributed by atoms with Crippen molar-refractivity contribution in [2.45, 2.75) is 46.3 Å². The summed E-state index contributed by atoms with van der Waals surface area (Å²) >= 11 is 0. The van der Waals surface area contributed by atoms with E-state index >= 15 is 0 Å². The van der Waals surface area contributed by atoms with Gasteiger partial charge in [-0.3, -0.25) is 0 Å². The number of nitrogens with one attached hydrogen (secondary N) is 2. The van der Waals surface area contributed by atoms with Gasteiger partial charge in [-0.1, -0.05) is 20.8 Å². The Bertz CT molecular complexity index is 354. The summed E-state index contributed by atoms with van der Waals surface area (Å²) in [5.41, 5.74) is -0.124. The zero-order chi connectivity index (χ0) is 13.8. The zero-order valence-electron chi connectivity index (χ0n) is 11.8. The van der Waals surface area contributed by atoms with Gasteiger partial charge in [0.25, 0.3) is 0 Å². The topological polar surface area (TPSA) is 67.4 Å². The Kier molecular flexibility index (Phi) is 5.58. The summed E-state index contributed by atoms with van der Waals surface area (Å²) < 4.78 is 32.1. The second-order valence-corrected chi connectivity index (χ2v) is 7.22. The molecule has 0 aliphatic heterocycles. The summed E-state index contributed by atoms with van der Waals surface area (Å²) in [6, 6.07) is -0.0133. The molecule has 0 saturated heterocycles. The van der Waals surface area contributed by atoms with Crippen LogP contribution in [0.5, 0.6) is 0 Å². The molecule has 108 valence electrons. The molecule has 0 bridgehead atoms. The normalized spacial score (nSPS) is 26.9. The molecule has 0 heterocycles. The van der Waals surface area contributed by atoms with Crippen molar-refractivity contribution in [2.75, 3.05) is 25.4 Å². The maximum Gasteiger partial charge on any atom is 0.213 e. The van der Waals surface area contributed by atoms with Crippen LogP contribution < -0.4 is 10.0 Å². The van der Waals surface area contributed by atoms with Gasteiger partial charge in [-0.2, -0.15) is 0 Å². The van der Waals surface area contributed by atoms with Crippen molar-refractivity contribution in [1.29, 1.82) is 0 Å². The van der Waals surface area contributed by atoms with E-state index in [2.05, 4.69) is 10.0 Å². The van der Waals surface area contributed by atoms with Gasteiger partial charge in [0.1, 0.15) is 0 Å². The molecule has 1 aliphatic carbocycles. The van der Waals surface area contributed by atoms with E-state index in [0.717, 1.165) is 13.0 Å². The van der Waals surface area contributed by atoms with Crippen LogP contribution in [-0.2, 0) is 14.8 Å². The van der Waals surface area contributed by atoms with Crippen LogP contribution in [0.15, 0.2) is 0 Å². The van der Waals surface area contributed by atoms with E-state index < -0.39 is 10.0 Å². The summed E-state index contributed by atoms with van der Waals surface area (Å²) in [4.78, 5) is 0. The lowest BCUT2D eigenvalue weighted by Crippen LogP contribution is -2.62. The van der Waals surface area contributed by atoms with Crippen molar-refractivity contribution in [1.82, 2.24) is 10.0 Å². The number of ether oxygens (including phenoxy) is 1. The van der Waals surface area contributed by atoms with Gasteiger partial charge in [0, 0.05) is 24.6 Å². The maximum absolute atomic E-state index is 11.9. The van der Waals surface area contributed by atoms with E-state index in [1.165, 1.54) is 0 Å². The van der Waals surface area contributed by atoms with Gasteiger partial charge in [0.2, 0.25) is 10.0 Å². The van der Waals surface area contributed by atoms with E-state index in [-0.39, 0.29) is 23.3 Å². The highest BCUT2D eigenvalue weighted by Crippen LogP contribution is 2.42. The second kappa shape index (κ2) is 6.32. The SMILES string of the molecule is CCNCCS(=O)(=O)NC1CC(OCC)C1(C)C. The minimum atomic E-state index is -3.19. The summed E-state index contributed by atoms with van der Waals surface area (Å²) in [5, 5.41) is 3.02. The third-order valence-electron chi connectivity index (χ3n) is 3.66. The van der Waals surface area contributed by atoms with Gasteiger partial charge in [0.05, 0.1) is 11.9 Å². The van der Waals surface area contributed by atoms with Gasteiger partial charge < -0.3 is 10.1 Å². The summed E-state index contributed by atoms with van der Waals surface area (Å²) in [7, 11) is -3.19. The van der Waals surface area contributed by atoms with Crippen LogP contribution in [-0.4, -0.2) is 46.0 Å². The van der Waals surface area contributed by atoms with Crippen LogP contribution in [0.3, 0.4) is 0 Å². The van der Waals surface area contributed by atoms with E-state index in [1.54, 1.807) is 0 Å². The largest absolute Gasteiger partial charge is 0.378 e. The molecule has 1 saturated carbocycles. The minimum absolute atomic E-state index is 0.0133. The molecule has 0 radical (unpaired) electrons. The number of rotatable bonds is 8. The fourth-order valence-corrected chi connectivity index (χ4v) is 3.59. The molecule has 0 aromatic rings. The monoisotopic (exact) mass is 278 g/mol. The Morgan fingerprint density at radius 3 is 2.50 bits per heavy atom. The molecular formula is C12H26N2O3S. The standard InChI is InChI=1S/C12H26N2O3S/c1-5-13-7-8-18(15,16)14-10-9-11(17-6-2)12(10,3)4/h10-11,13-14H,5-9H2,1-4H3. The van der Waals surface area contributed by atoms with Crippen molar-refractivity contribution in [3.8, 4) is 0 Å². The molecule has 6 heteroatoms. The molecule has 0 amide bonds. The average molecular weight is 278 g/mol. The first-order valence-electron chi connectivity index (χ1n) is 6.65. The molecule has 1 fully saturated rings. The van der Waals surface area contributed by atoms with Crippen LogP contribution in [0.25, 0.3) is 0 Å². The molecule has 2 unspecified atom stereocenters. The molecule has 0 aromatic heterocycles. The number of hydrogen-bond acceptors (Lipinski definition) is 4. The van der Waals surface area contributed by atoms with E-state index in [0.29, 0.717) is 13.2 Å². The Balaban J connectivity index is 2.44. The predicted molar refractivity (Wildman–Crippen MR) is 73.1 cm³/mol. The second-order valence-electron chi connectivity index (χ2n) is 5.34. The summed E-state index contributed by atoms with van der Waals surface area (Å²) in [5.74, 6) is 0.132. The van der Waals surface area contributed by atoms with Crippen molar-refractivity contribution in [2.24, 2.45) is 5.41 Å². The minimum Gasteiger partial charge on any atom is -0.378 e. The summed E-state index contributed by atoms with van der Waals surface area (Å²) in [6.07, 6.45) is 0.922. The Labute approximate surface area is 111 Å². The highest BCUT2D eigenvalue weighted by Gasteiger charge is 2.50. The first kappa shape index (κ1) is 15.9. The van der Waals surface area contributed by atoms with Crippen molar-refractivity contribution < 1.29 is 13.2 Å². The number of hydrogen-bond donors (Lipinski definition) is 2. The third-order valence-corrected chi connectivity index (χ3v) is 5.05. The van der Waals surface area contributed by atoms with E-state index in [1.807, 2.05) is 27.7 Å². The lowest BCUT2D eigenvalue weighted by Gasteiger charge is -2.51. The van der Waals surface area contributed by atoms with Crippen LogP contribution in [0.2, 0.25) is 0 Å². The van der Waals surface area contributed by atoms with Crippen LogP contribution >= 0.6 is 0 Å². The van der Waals surface area contributed by atoms with Crippen molar-refractivity contribution >= 4 is 10.0 Å². The van der Waals surface area contributed by atoms with Gasteiger partial charge in [-0.25, -0.2) is 13.1 Å². The Hall–Kier alpha value is -0.170. The van der Waals surface area contributed by atoms with Crippen molar-refractivity contribution in [3.63, 3.8) is 0 Å². The maximum atomic E-state index is 11.9. The van der Waals surface area contributed by atoms with E-state index in [4.69, 9.17) is 4.74 Å². The highest BCUT2D eigenvalue weighted by atomic mass is 32.2. The molecule has 2 N–H and O–H groups in total. The van der Waals surface area contributed by atoms with Crippen LogP contribution in [0, 0.1) is 5.41 Å². The lowest BCUT2D eigenvalue weighted by atomic mass is 9.65. The molecule has 5 nitrogen and oxygen atoms in total.